The van der Waals surface area contributed by atoms with Gasteiger partial charge in [-0.25, -0.2) is 9.67 Å². The van der Waals surface area contributed by atoms with Crippen LogP contribution < -0.4 is 30.9 Å². The zero-order chi connectivity index (χ0) is 46.3. The largest absolute Gasteiger partial charge is 0.494 e. The number of anilines is 5. The summed E-state index contributed by atoms with van der Waals surface area (Å²) in [7, 11) is -1.03. The average molecular weight is 1030 g/mol. The molecule has 3 aliphatic heterocycles. The molecule has 15 nitrogen and oxygen atoms in total. The molecule has 1 atom stereocenters. The second-order valence-electron chi connectivity index (χ2n) is 17.9. The van der Waals surface area contributed by atoms with E-state index >= 15 is 0 Å². The number of hydrogen-bond donors (Lipinski definition) is 3. The van der Waals surface area contributed by atoms with Gasteiger partial charge in [-0.15, -0.1) is 5.10 Å². The number of pyridine rings is 1. The number of piperidine rings is 2. The highest BCUT2D eigenvalue weighted by Gasteiger charge is 2.32. The molecule has 2 amide bonds. The van der Waals surface area contributed by atoms with Crippen molar-refractivity contribution in [2.24, 2.45) is 0 Å². The van der Waals surface area contributed by atoms with E-state index in [0.29, 0.717) is 40.9 Å². The molecular weight excluding hydrogens is 971 g/mol. The Morgan fingerprint density at radius 1 is 0.924 bits per heavy atom. The van der Waals surface area contributed by atoms with Crippen molar-refractivity contribution in [2.45, 2.75) is 64.5 Å². The Labute approximate surface area is 397 Å². The average Bonchev–Trinajstić information content (AvgIpc) is 3.63. The summed E-state index contributed by atoms with van der Waals surface area (Å²) in [4.78, 5) is 46.1. The van der Waals surface area contributed by atoms with Gasteiger partial charge in [0.1, 0.15) is 24.8 Å². The van der Waals surface area contributed by atoms with Crippen LogP contribution in [0, 0.1) is 16.4 Å². The summed E-state index contributed by atoms with van der Waals surface area (Å²) in [6, 6.07) is 17.6. The van der Waals surface area contributed by atoms with Crippen molar-refractivity contribution in [3.05, 3.63) is 87.1 Å². The summed E-state index contributed by atoms with van der Waals surface area (Å²) in [5, 5.41) is 15.3. The van der Waals surface area contributed by atoms with Crippen molar-refractivity contribution >= 4 is 97.5 Å². The standard InChI is InChI=1S/C48H56FIN11O4P/c1-6-31-26-38(54-48-51-28-35(50)46(56-48)53-37-12-11-36-33(9-7-29(2)52-36)44(37)66(4,5)64)42(65-3)27-40(31)60-19-16-32(17-20-60)59-23-21-58(22-24-59)18-15-30-8-10-34-41(25-30)61(57-45(34)49)39-13-14-43(62)55-47(39)63/h7-12,25-28,32,39H,6,13-24H2,1-5H3,(H,55,62,63)(H2,51,53,54,56). The molecule has 3 aromatic carbocycles. The number of imide groups is 1. The van der Waals surface area contributed by atoms with Crippen LogP contribution in [0.2, 0.25) is 0 Å². The SMILES string of the molecule is CCc1cc(Nc2ncc(I)c(Nc3ccc4nc(C)ccc4c3P(C)(C)=O)n2)c(OC)cc1N1CCC(N2CCN(CCc3ccc4c(F)nn(C5CCC(=O)NC5=O)c4c3)CC2)CC1. The first kappa shape index (κ1) is 45.9. The molecule has 0 spiro atoms. The van der Waals surface area contributed by atoms with Crippen LogP contribution in [-0.4, -0.2) is 119 Å². The maximum Gasteiger partial charge on any atom is 0.251 e. The van der Waals surface area contributed by atoms with Crippen LogP contribution >= 0.6 is 29.7 Å². The van der Waals surface area contributed by atoms with E-state index in [0.717, 1.165) is 114 Å². The van der Waals surface area contributed by atoms with E-state index in [2.05, 4.69) is 87.4 Å². The summed E-state index contributed by atoms with van der Waals surface area (Å²) in [6.07, 6.45) is 6.08. The first-order valence-corrected chi connectivity index (χ1v) is 26.4. The van der Waals surface area contributed by atoms with Gasteiger partial charge in [-0.05, 0) is 122 Å². The van der Waals surface area contributed by atoms with E-state index in [-0.39, 0.29) is 12.3 Å². The van der Waals surface area contributed by atoms with Gasteiger partial charge in [0.15, 0.2) is 0 Å². The number of halogens is 2. The number of carbonyl (C=O) groups is 2. The molecule has 3 saturated heterocycles. The second-order valence-corrected chi connectivity index (χ2v) is 22.2. The number of aromatic nitrogens is 5. The number of benzene rings is 3. The Morgan fingerprint density at radius 2 is 1.70 bits per heavy atom. The van der Waals surface area contributed by atoms with Gasteiger partial charge in [0.25, 0.3) is 5.91 Å². The minimum absolute atomic E-state index is 0.206. The van der Waals surface area contributed by atoms with Gasteiger partial charge in [-0.1, -0.05) is 19.1 Å². The Balaban J connectivity index is 0.809. The number of rotatable bonds is 13. The zero-order valence-corrected chi connectivity index (χ0v) is 41.1. The highest BCUT2D eigenvalue weighted by Crippen LogP contribution is 2.42. The molecule has 0 saturated carbocycles. The normalized spacial score (nSPS) is 18.0. The molecule has 0 radical (unpaired) electrons. The van der Waals surface area contributed by atoms with E-state index in [1.54, 1.807) is 32.7 Å². The Kier molecular flexibility index (Phi) is 13.3. The van der Waals surface area contributed by atoms with Crippen molar-refractivity contribution in [1.82, 2.24) is 39.8 Å². The number of piperazine rings is 1. The first-order chi connectivity index (χ1) is 31.8. The summed E-state index contributed by atoms with van der Waals surface area (Å²) < 4.78 is 36.7. The van der Waals surface area contributed by atoms with Crippen LogP contribution in [0.25, 0.3) is 21.8 Å². The fraction of sp³-hybridized carbons (Fsp3) is 0.417. The van der Waals surface area contributed by atoms with Gasteiger partial charge in [0, 0.05) is 92.6 Å². The van der Waals surface area contributed by atoms with E-state index in [9.17, 15) is 18.5 Å². The predicted molar refractivity (Wildman–Crippen MR) is 267 cm³/mol. The molecule has 346 valence electrons. The number of methoxy groups -OCH3 is 1. The predicted octanol–water partition coefficient (Wildman–Crippen LogP) is 7.54. The quantitative estimate of drug-likeness (QED) is 0.0592. The molecule has 66 heavy (non-hydrogen) atoms. The third kappa shape index (κ3) is 9.62. The highest BCUT2D eigenvalue weighted by atomic mass is 127. The zero-order valence-electron chi connectivity index (χ0n) is 38.0. The topological polar surface area (TPSA) is 163 Å². The first-order valence-electron chi connectivity index (χ1n) is 22.7. The van der Waals surface area contributed by atoms with Crippen molar-refractivity contribution in [3.63, 3.8) is 0 Å². The van der Waals surface area contributed by atoms with E-state index in [4.69, 9.17) is 9.72 Å². The summed E-state index contributed by atoms with van der Waals surface area (Å²) in [5.41, 5.74) is 7.27. The highest BCUT2D eigenvalue weighted by molar-refractivity contribution is 14.1. The van der Waals surface area contributed by atoms with Gasteiger partial charge < -0.3 is 29.7 Å². The van der Waals surface area contributed by atoms with Crippen LogP contribution in [-0.2, 0) is 27.0 Å². The van der Waals surface area contributed by atoms with E-state index in [1.807, 2.05) is 43.3 Å². The molecule has 9 rings (SSSR count). The van der Waals surface area contributed by atoms with Crippen LogP contribution in [0.3, 0.4) is 0 Å². The second kappa shape index (κ2) is 19.2. The summed E-state index contributed by atoms with van der Waals surface area (Å²) in [5.74, 6) is 0.371. The monoisotopic (exact) mass is 1030 g/mol. The van der Waals surface area contributed by atoms with Crippen molar-refractivity contribution in [1.29, 1.82) is 0 Å². The smallest absolute Gasteiger partial charge is 0.251 e. The Bertz CT molecular complexity index is 2870. The minimum Gasteiger partial charge on any atom is -0.494 e. The molecule has 3 fully saturated rings. The molecule has 1 unspecified atom stereocenters. The van der Waals surface area contributed by atoms with Crippen molar-refractivity contribution < 1.29 is 23.3 Å². The number of nitrogens with zero attached hydrogens (tertiary/aromatic N) is 8. The molecule has 6 aromatic rings. The maximum absolute atomic E-state index is 14.8. The number of ether oxygens (including phenoxy) is 1. The van der Waals surface area contributed by atoms with Crippen LogP contribution in [0.5, 0.6) is 5.75 Å². The third-order valence-corrected chi connectivity index (χ3v) is 15.6. The minimum atomic E-state index is -2.72. The van der Waals surface area contributed by atoms with Gasteiger partial charge in [-0.3, -0.25) is 24.8 Å². The Morgan fingerprint density at radius 3 is 2.42 bits per heavy atom. The number of carbonyl (C=O) groups excluding carboxylic acids is 2. The number of fused-ring (bicyclic) bond motifs is 2. The van der Waals surface area contributed by atoms with Crippen molar-refractivity contribution in [2.75, 3.05) is 81.8 Å². The lowest BCUT2D eigenvalue weighted by atomic mass is 9.99. The van der Waals surface area contributed by atoms with Crippen LogP contribution in [0.1, 0.15) is 55.5 Å². The Hall–Kier alpha value is -5.23. The van der Waals surface area contributed by atoms with Crippen molar-refractivity contribution in [3.8, 4) is 5.75 Å². The molecule has 3 aliphatic rings. The number of amides is 2. The third-order valence-electron chi connectivity index (χ3n) is 13.2. The summed E-state index contributed by atoms with van der Waals surface area (Å²) in [6.45, 7) is 14.5. The van der Waals surface area contributed by atoms with Gasteiger partial charge >= 0.3 is 0 Å². The molecular formula is C48H56FIN11O4P. The fourth-order valence-electron chi connectivity index (χ4n) is 9.76. The van der Waals surface area contributed by atoms with Crippen LogP contribution in [0.15, 0.2) is 60.8 Å². The molecule has 0 aliphatic carbocycles. The lowest BCUT2D eigenvalue weighted by Gasteiger charge is -2.43. The van der Waals surface area contributed by atoms with E-state index < -0.39 is 25.0 Å². The summed E-state index contributed by atoms with van der Waals surface area (Å²) >= 11 is 2.22. The van der Waals surface area contributed by atoms with E-state index in [1.165, 1.54) is 15.9 Å². The van der Waals surface area contributed by atoms with Crippen LogP contribution in [0.4, 0.5) is 33.2 Å². The number of aryl methyl sites for hydroxylation is 2. The molecule has 6 heterocycles. The lowest BCUT2D eigenvalue weighted by Crippen LogP contribution is -2.53. The fourth-order valence-corrected chi connectivity index (χ4v) is 11.6. The van der Waals surface area contributed by atoms with Gasteiger partial charge in [-0.2, -0.15) is 9.37 Å². The van der Waals surface area contributed by atoms with Gasteiger partial charge in [0.05, 0.1) is 38.5 Å². The molecule has 3 N–H and O–H groups in total. The molecule has 3 aromatic heterocycles. The lowest BCUT2D eigenvalue weighted by molar-refractivity contribution is -0.135. The molecule has 18 heteroatoms. The number of nitrogens with one attached hydrogen (secondary N) is 3. The van der Waals surface area contributed by atoms with Gasteiger partial charge in [0.2, 0.25) is 17.8 Å². The number of hydrogen-bond acceptors (Lipinski definition) is 13. The molecule has 0 bridgehead atoms. The maximum atomic E-state index is 14.8.